The number of nitrogens with one attached hydrogen (secondary N) is 1. The fraction of sp³-hybridized carbons (Fsp3) is 0.600. The molecule has 0 bridgehead atoms. The van der Waals surface area contributed by atoms with Crippen molar-refractivity contribution in [1.82, 2.24) is 9.84 Å². The van der Waals surface area contributed by atoms with Crippen molar-refractivity contribution in [3.05, 3.63) is 11.6 Å². The first-order valence-corrected chi connectivity index (χ1v) is 8.52. The average Bonchev–Trinajstić information content (AvgIpc) is 2.67. The minimum atomic E-state index is -2.11. The molecule has 0 aromatic rings. The van der Waals surface area contributed by atoms with Gasteiger partial charge in [0.15, 0.2) is 0 Å². The molecule has 8 heteroatoms. The van der Waals surface area contributed by atoms with Crippen molar-refractivity contribution >= 4 is 40.8 Å². The number of rotatable bonds is 5. The second-order valence-electron chi connectivity index (χ2n) is 2.03. The molecule has 4 nitrogen and oxygen atoms in total. The van der Waals surface area contributed by atoms with Gasteiger partial charge in [0.2, 0.25) is 5.69 Å². The van der Waals surface area contributed by atoms with Crippen molar-refractivity contribution in [3.8, 4) is 0 Å². The summed E-state index contributed by atoms with van der Waals surface area (Å²) >= 11 is 8.21. The zero-order chi connectivity index (χ0) is 9.73. The minimum Gasteiger partial charge on any atom is -0.325 e. The standard InChI is InChI=1S/C5H11N2O2PS3/c1-8-10(11,9-2)13-5-7-3-4-12-6-7/h3-4,6H,5H2,1-2H3. The fourth-order valence-corrected chi connectivity index (χ4v) is 3.86. The number of hydrogen-bond acceptors (Lipinski definition) is 7. The van der Waals surface area contributed by atoms with Gasteiger partial charge < -0.3 is 9.05 Å². The largest absolute Gasteiger partial charge is 0.325 e. The van der Waals surface area contributed by atoms with Crippen LogP contribution in [0.3, 0.4) is 0 Å². The van der Waals surface area contributed by atoms with Crippen LogP contribution >= 0.6 is 29.0 Å². The maximum atomic E-state index is 5.18. The molecule has 0 amide bonds. The van der Waals surface area contributed by atoms with Crippen LogP contribution in [0, 0.1) is 0 Å². The lowest BCUT2D eigenvalue weighted by molar-refractivity contribution is 0.353. The van der Waals surface area contributed by atoms with Gasteiger partial charge in [-0.25, -0.2) is 0 Å². The van der Waals surface area contributed by atoms with E-state index in [9.17, 15) is 0 Å². The van der Waals surface area contributed by atoms with Gasteiger partial charge in [-0.2, -0.15) is 4.83 Å². The third-order valence-electron chi connectivity index (χ3n) is 1.28. The molecule has 1 aliphatic rings. The van der Waals surface area contributed by atoms with Crippen LogP contribution in [0.15, 0.2) is 11.6 Å². The predicted octanol–water partition coefficient (Wildman–Crippen LogP) is 2.13. The topological polar surface area (TPSA) is 33.7 Å². The van der Waals surface area contributed by atoms with E-state index in [1.165, 1.54) is 23.3 Å². The molecule has 0 aliphatic carbocycles. The van der Waals surface area contributed by atoms with Crippen LogP contribution in [0.1, 0.15) is 0 Å². The molecule has 0 aromatic heterocycles. The fourth-order valence-electron chi connectivity index (χ4n) is 0.615. The van der Waals surface area contributed by atoms with E-state index in [4.69, 9.17) is 20.9 Å². The molecular formula is C5H11N2O2PS3. The molecule has 0 aromatic carbocycles. The molecular weight excluding hydrogens is 247 g/mol. The Morgan fingerprint density at radius 3 is 2.77 bits per heavy atom. The van der Waals surface area contributed by atoms with Gasteiger partial charge in [0, 0.05) is 25.8 Å². The third-order valence-corrected chi connectivity index (χ3v) is 7.52. The van der Waals surface area contributed by atoms with Gasteiger partial charge in [-0.15, -0.1) is 0 Å². The van der Waals surface area contributed by atoms with Gasteiger partial charge in [0.1, 0.15) is 0 Å². The SMILES string of the molecule is COP(=S)(OC)SCN1C=CSN1. The highest BCUT2D eigenvalue weighted by Crippen LogP contribution is 2.59. The summed E-state index contributed by atoms with van der Waals surface area (Å²) in [5.74, 6) is 0.725. The molecule has 0 saturated carbocycles. The molecule has 0 spiro atoms. The van der Waals surface area contributed by atoms with Crippen LogP contribution in [-0.4, -0.2) is 25.1 Å². The third kappa shape index (κ3) is 3.79. The van der Waals surface area contributed by atoms with Crippen LogP contribution in [0.5, 0.6) is 0 Å². The Morgan fingerprint density at radius 2 is 2.31 bits per heavy atom. The van der Waals surface area contributed by atoms with Crippen molar-refractivity contribution < 1.29 is 9.05 Å². The summed E-state index contributed by atoms with van der Waals surface area (Å²) in [5.41, 5.74) is -2.11. The Bertz CT molecular complexity index is 230. The highest BCUT2D eigenvalue weighted by molar-refractivity contribution is 8.67. The quantitative estimate of drug-likeness (QED) is 0.597. The summed E-state index contributed by atoms with van der Waals surface area (Å²) in [6.45, 7) is 0. The molecule has 0 saturated heterocycles. The Hall–Kier alpha value is 0.770. The van der Waals surface area contributed by atoms with Crippen molar-refractivity contribution in [3.63, 3.8) is 0 Å². The maximum Gasteiger partial charge on any atom is 0.248 e. The zero-order valence-corrected chi connectivity index (χ0v) is 10.6. The van der Waals surface area contributed by atoms with Crippen LogP contribution in [0.25, 0.3) is 0 Å². The predicted molar refractivity (Wildman–Crippen MR) is 62.5 cm³/mol. The lowest BCUT2D eigenvalue weighted by Gasteiger charge is -2.20. The smallest absolute Gasteiger partial charge is 0.248 e. The first-order valence-electron chi connectivity index (χ1n) is 3.41. The molecule has 76 valence electrons. The van der Waals surface area contributed by atoms with Crippen LogP contribution in [0.4, 0.5) is 0 Å². The van der Waals surface area contributed by atoms with Gasteiger partial charge in [0.25, 0.3) is 0 Å². The number of hydrazine groups is 1. The van der Waals surface area contributed by atoms with E-state index >= 15 is 0 Å². The van der Waals surface area contributed by atoms with Crippen molar-refractivity contribution in [2.75, 3.05) is 20.1 Å². The zero-order valence-electron chi connectivity index (χ0n) is 7.30. The van der Waals surface area contributed by atoms with Crippen molar-refractivity contribution in [2.45, 2.75) is 0 Å². The molecule has 13 heavy (non-hydrogen) atoms. The van der Waals surface area contributed by atoms with E-state index in [1.54, 1.807) is 14.2 Å². The maximum absolute atomic E-state index is 5.18. The summed E-state index contributed by atoms with van der Waals surface area (Å²) in [7, 11) is 3.17. The van der Waals surface area contributed by atoms with E-state index < -0.39 is 5.69 Å². The monoisotopic (exact) mass is 258 g/mol. The van der Waals surface area contributed by atoms with E-state index in [-0.39, 0.29) is 0 Å². The molecule has 1 aliphatic heterocycles. The summed E-state index contributed by atoms with van der Waals surface area (Å²) in [4.78, 5) is 3.06. The van der Waals surface area contributed by atoms with Gasteiger partial charge in [-0.05, 0) is 35.1 Å². The van der Waals surface area contributed by atoms with Crippen LogP contribution < -0.4 is 4.83 Å². The molecule has 0 unspecified atom stereocenters. The summed E-state index contributed by atoms with van der Waals surface area (Å²) in [5, 5.41) is 3.89. The molecule has 0 radical (unpaired) electrons. The van der Waals surface area contributed by atoms with Crippen molar-refractivity contribution in [1.29, 1.82) is 0 Å². The van der Waals surface area contributed by atoms with Gasteiger partial charge >= 0.3 is 0 Å². The second kappa shape index (κ2) is 5.60. The van der Waals surface area contributed by atoms with Gasteiger partial charge in [0.05, 0.1) is 5.88 Å². The highest BCUT2D eigenvalue weighted by Gasteiger charge is 2.17. The molecule has 1 rings (SSSR count). The average molecular weight is 258 g/mol. The Morgan fingerprint density at radius 1 is 1.62 bits per heavy atom. The van der Waals surface area contributed by atoms with Crippen LogP contribution in [0.2, 0.25) is 0 Å². The minimum absolute atomic E-state index is 0.725. The summed E-state index contributed by atoms with van der Waals surface area (Å²) in [6.07, 6.45) is 1.95. The molecule has 0 atom stereocenters. The van der Waals surface area contributed by atoms with Crippen LogP contribution in [-0.2, 0) is 20.9 Å². The first-order chi connectivity index (χ1) is 6.20. The lowest BCUT2D eigenvalue weighted by Crippen LogP contribution is -2.23. The Balaban J connectivity index is 2.31. The Labute approximate surface area is 91.4 Å². The first kappa shape index (κ1) is 11.8. The Kier molecular flexibility index (Phi) is 5.10. The van der Waals surface area contributed by atoms with E-state index in [0.717, 1.165) is 5.88 Å². The lowest BCUT2D eigenvalue weighted by atomic mass is 11.0. The molecule has 1 N–H and O–H groups in total. The second-order valence-corrected chi connectivity index (χ2v) is 9.22. The van der Waals surface area contributed by atoms with E-state index in [0.29, 0.717) is 0 Å². The van der Waals surface area contributed by atoms with Gasteiger partial charge in [-0.3, -0.25) is 5.01 Å². The number of nitrogens with zero attached hydrogens (tertiary/aromatic N) is 1. The molecule has 1 heterocycles. The molecule has 0 fully saturated rings. The highest BCUT2D eigenvalue weighted by atomic mass is 32.9. The summed E-state index contributed by atoms with van der Waals surface area (Å²) in [6, 6.07) is 0. The van der Waals surface area contributed by atoms with E-state index in [2.05, 4.69) is 4.83 Å². The van der Waals surface area contributed by atoms with Gasteiger partial charge in [-0.1, -0.05) is 0 Å². The van der Waals surface area contributed by atoms with E-state index in [1.807, 2.05) is 16.6 Å². The normalized spacial score (nSPS) is 16.9. The summed E-state index contributed by atoms with van der Waals surface area (Å²) < 4.78 is 10.3. The van der Waals surface area contributed by atoms with Crippen molar-refractivity contribution in [2.24, 2.45) is 0 Å². The number of hydrogen-bond donors (Lipinski definition) is 1.